The van der Waals surface area contributed by atoms with Gasteiger partial charge in [0.2, 0.25) is 0 Å². The van der Waals surface area contributed by atoms with Crippen LogP contribution in [0, 0.1) is 5.41 Å². The maximum absolute atomic E-state index is 5.96. The van der Waals surface area contributed by atoms with Crippen LogP contribution < -0.4 is 20.1 Å². The van der Waals surface area contributed by atoms with Gasteiger partial charge in [-0.25, -0.2) is 0 Å². The summed E-state index contributed by atoms with van der Waals surface area (Å²) in [6, 6.07) is 7.66. The zero-order valence-corrected chi connectivity index (χ0v) is 20.0. The van der Waals surface area contributed by atoms with Gasteiger partial charge in [0, 0.05) is 33.4 Å². The smallest absolute Gasteiger partial charge is 0.191 e. The highest BCUT2D eigenvalue weighted by molar-refractivity contribution is 14.0. The van der Waals surface area contributed by atoms with Gasteiger partial charge in [-0.1, -0.05) is 18.9 Å². The van der Waals surface area contributed by atoms with Gasteiger partial charge in [0.1, 0.15) is 17.6 Å². The van der Waals surface area contributed by atoms with Gasteiger partial charge < -0.3 is 24.8 Å². The largest absolute Gasteiger partial charge is 0.497 e. The number of rotatable bonds is 10. The van der Waals surface area contributed by atoms with Gasteiger partial charge in [0.05, 0.1) is 13.7 Å². The van der Waals surface area contributed by atoms with Crippen LogP contribution in [-0.2, 0) is 4.74 Å². The van der Waals surface area contributed by atoms with Gasteiger partial charge >= 0.3 is 0 Å². The molecule has 1 aromatic carbocycles. The van der Waals surface area contributed by atoms with Gasteiger partial charge in [0.25, 0.3) is 0 Å². The quantitative estimate of drug-likeness (QED) is 0.288. The summed E-state index contributed by atoms with van der Waals surface area (Å²) in [4.78, 5) is 4.35. The Morgan fingerprint density at radius 3 is 2.54 bits per heavy atom. The van der Waals surface area contributed by atoms with Crippen molar-refractivity contribution >= 4 is 29.9 Å². The third-order valence-electron chi connectivity index (χ3n) is 5.29. The fraction of sp³-hybridized carbons (Fsp3) is 0.667. The Labute approximate surface area is 186 Å². The lowest BCUT2D eigenvalue weighted by atomic mass is 9.83. The van der Waals surface area contributed by atoms with E-state index in [2.05, 4.69) is 15.6 Å². The molecule has 7 heteroatoms. The summed E-state index contributed by atoms with van der Waals surface area (Å²) in [5.74, 6) is 2.42. The Hall–Kier alpha value is -1.22. The van der Waals surface area contributed by atoms with E-state index in [0.717, 1.165) is 37.0 Å². The predicted octanol–water partition coefficient (Wildman–Crippen LogP) is 3.84. The van der Waals surface area contributed by atoms with Crippen LogP contribution in [-0.4, -0.2) is 53.0 Å². The number of nitrogens with zero attached hydrogens (tertiary/aromatic N) is 1. The van der Waals surface area contributed by atoms with Gasteiger partial charge in [-0.15, -0.1) is 24.0 Å². The number of hydrogen-bond acceptors (Lipinski definition) is 4. The molecule has 0 spiro atoms. The first-order valence-corrected chi connectivity index (χ1v) is 9.85. The number of guanidine groups is 1. The van der Waals surface area contributed by atoms with Crippen molar-refractivity contribution in [3.63, 3.8) is 0 Å². The lowest BCUT2D eigenvalue weighted by Crippen LogP contribution is -2.45. The lowest BCUT2D eigenvalue weighted by Gasteiger charge is -2.30. The van der Waals surface area contributed by atoms with Gasteiger partial charge in [-0.05, 0) is 43.7 Å². The summed E-state index contributed by atoms with van der Waals surface area (Å²) in [7, 11) is 5.24. The van der Waals surface area contributed by atoms with E-state index in [4.69, 9.17) is 14.2 Å². The van der Waals surface area contributed by atoms with E-state index in [1.807, 2.05) is 31.2 Å². The molecule has 2 N–H and O–H groups in total. The summed E-state index contributed by atoms with van der Waals surface area (Å²) < 4.78 is 16.5. The molecule has 0 bridgehead atoms. The first kappa shape index (κ1) is 24.8. The molecule has 1 saturated carbocycles. The zero-order valence-electron chi connectivity index (χ0n) is 17.6. The average molecular weight is 505 g/mol. The van der Waals surface area contributed by atoms with E-state index in [1.165, 1.54) is 25.7 Å². The Kier molecular flexibility index (Phi) is 11.6. The second-order valence-electron chi connectivity index (χ2n) is 7.36. The van der Waals surface area contributed by atoms with Gasteiger partial charge in [0.15, 0.2) is 5.96 Å². The molecule has 1 aliphatic carbocycles. The van der Waals surface area contributed by atoms with E-state index in [-0.39, 0.29) is 30.1 Å². The van der Waals surface area contributed by atoms with Crippen LogP contribution in [0.1, 0.15) is 39.0 Å². The number of benzene rings is 1. The van der Waals surface area contributed by atoms with E-state index in [1.54, 1.807) is 21.3 Å². The minimum Gasteiger partial charge on any atom is -0.497 e. The van der Waals surface area contributed by atoms with Crippen LogP contribution in [0.3, 0.4) is 0 Å². The van der Waals surface area contributed by atoms with Gasteiger partial charge in [-0.2, -0.15) is 0 Å². The molecule has 0 saturated heterocycles. The van der Waals surface area contributed by atoms with E-state index < -0.39 is 0 Å². The number of aliphatic imine (C=N–C) groups is 1. The molecule has 160 valence electrons. The second-order valence-corrected chi connectivity index (χ2v) is 7.36. The fourth-order valence-electron chi connectivity index (χ4n) is 3.64. The monoisotopic (exact) mass is 505 g/mol. The molecular weight excluding hydrogens is 469 g/mol. The molecule has 1 fully saturated rings. The van der Waals surface area contributed by atoms with Crippen LogP contribution in [0.5, 0.6) is 11.5 Å². The topological polar surface area (TPSA) is 64.1 Å². The minimum absolute atomic E-state index is 0. The van der Waals surface area contributed by atoms with E-state index >= 15 is 0 Å². The van der Waals surface area contributed by atoms with Gasteiger partial charge in [-0.3, -0.25) is 4.99 Å². The first-order valence-electron chi connectivity index (χ1n) is 9.85. The SMILES string of the molecule is CN=C(NCC(C)Oc1cccc(OC)c1)NCC1(CCOC)CCCC1.I. The first-order chi connectivity index (χ1) is 13.1. The molecule has 0 aliphatic heterocycles. The van der Waals surface area contributed by atoms with Crippen molar-refractivity contribution in [3.8, 4) is 11.5 Å². The van der Waals surface area contributed by atoms with E-state index in [0.29, 0.717) is 12.0 Å². The Morgan fingerprint density at radius 2 is 1.89 bits per heavy atom. The van der Waals surface area contributed by atoms with Crippen molar-refractivity contribution in [3.05, 3.63) is 24.3 Å². The predicted molar refractivity (Wildman–Crippen MR) is 125 cm³/mol. The molecule has 1 aromatic rings. The molecule has 0 radical (unpaired) electrons. The Morgan fingerprint density at radius 1 is 1.18 bits per heavy atom. The number of hydrogen-bond donors (Lipinski definition) is 2. The molecule has 1 aliphatic rings. The van der Waals surface area contributed by atoms with E-state index in [9.17, 15) is 0 Å². The molecule has 0 heterocycles. The summed E-state index contributed by atoms with van der Waals surface area (Å²) in [5, 5.41) is 6.87. The third kappa shape index (κ3) is 8.03. The second kappa shape index (κ2) is 13.1. The molecule has 1 atom stereocenters. The Balaban J connectivity index is 0.00000392. The molecule has 28 heavy (non-hydrogen) atoms. The average Bonchev–Trinajstić information content (AvgIpc) is 3.16. The summed E-state index contributed by atoms with van der Waals surface area (Å²) in [5.41, 5.74) is 0.330. The summed E-state index contributed by atoms with van der Waals surface area (Å²) in [6.45, 7) is 4.46. The van der Waals surface area contributed by atoms with Crippen LogP contribution in [0.25, 0.3) is 0 Å². The number of halogens is 1. The highest BCUT2D eigenvalue weighted by Gasteiger charge is 2.33. The normalized spacial score (nSPS) is 16.8. The highest BCUT2D eigenvalue weighted by atomic mass is 127. The molecule has 0 amide bonds. The maximum atomic E-state index is 5.96. The molecule has 2 rings (SSSR count). The molecule has 1 unspecified atom stereocenters. The summed E-state index contributed by atoms with van der Waals surface area (Å²) >= 11 is 0. The lowest BCUT2D eigenvalue weighted by molar-refractivity contribution is 0.138. The number of methoxy groups -OCH3 is 2. The standard InChI is InChI=1S/C21H35N3O3.HI/c1-17(27-19-9-7-8-18(14-19)26-4)15-23-20(22-2)24-16-21(12-13-25-3)10-5-6-11-21;/h7-9,14,17H,5-6,10-13,15-16H2,1-4H3,(H2,22,23,24);1H. The van der Waals surface area contributed by atoms with Crippen molar-refractivity contribution in [1.29, 1.82) is 0 Å². The molecular formula is C21H36IN3O3. The van der Waals surface area contributed by atoms with Crippen LogP contribution in [0.2, 0.25) is 0 Å². The minimum atomic E-state index is 0. The number of nitrogens with one attached hydrogen (secondary N) is 2. The van der Waals surface area contributed by atoms with Crippen molar-refractivity contribution in [1.82, 2.24) is 10.6 Å². The molecule has 0 aromatic heterocycles. The van der Waals surface area contributed by atoms with Crippen LogP contribution >= 0.6 is 24.0 Å². The van der Waals surface area contributed by atoms with Crippen LogP contribution in [0.15, 0.2) is 29.3 Å². The zero-order chi connectivity index (χ0) is 19.5. The molecule has 6 nitrogen and oxygen atoms in total. The third-order valence-corrected chi connectivity index (χ3v) is 5.29. The van der Waals surface area contributed by atoms with Crippen molar-refractivity contribution < 1.29 is 14.2 Å². The van der Waals surface area contributed by atoms with Crippen molar-refractivity contribution in [2.24, 2.45) is 10.4 Å². The number of ether oxygens (including phenoxy) is 3. The maximum Gasteiger partial charge on any atom is 0.191 e. The summed E-state index contributed by atoms with van der Waals surface area (Å²) in [6.07, 6.45) is 6.24. The fourth-order valence-corrected chi connectivity index (χ4v) is 3.64. The van der Waals surface area contributed by atoms with Crippen molar-refractivity contribution in [2.45, 2.75) is 45.1 Å². The highest BCUT2D eigenvalue weighted by Crippen LogP contribution is 2.40. The Bertz CT molecular complexity index is 592. The van der Waals surface area contributed by atoms with Crippen molar-refractivity contribution in [2.75, 3.05) is 41.0 Å². The van der Waals surface area contributed by atoms with Crippen LogP contribution in [0.4, 0.5) is 0 Å².